The maximum Gasteiger partial charge on any atom is 0.330 e. The van der Waals surface area contributed by atoms with Crippen LogP contribution in [0.5, 0.6) is 0 Å². The summed E-state index contributed by atoms with van der Waals surface area (Å²) < 4.78 is 4.42. The van der Waals surface area contributed by atoms with E-state index in [4.69, 9.17) is 0 Å². The summed E-state index contributed by atoms with van der Waals surface area (Å²) in [4.78, 5) is 34.2. The van der Waals surface area contributed by atoms with Crippen LogP contribution in [-0.4, -0.2) is 43.6 Å². The van der Waals surface area contributed by atoms with Crippen LogP contribution < -0.4 is 16.0 Å². The summed E-state index contributed by atoms with van der Waals surface area (Å²) in [5.41, 5.74) is -0.660. The highest BCUT2D eigenvalue weighted by Gasteiger charge is 2.30. The molecule has 7 heteroatoms. The molecule has 3 N–H and O–H groups in total. The Kier molecular flexibility index (Phi) is 8.35. The Morgan fingerprint density at radius 1 is 1.04 bits per heavy atom. The SMILES string of the molecule is CCNC(=O)NC(C)(C)CC(C)(C)CNC(=O)/C=C\C(=O)OC. The van der Waals surface area contributed by atoms with E-state index in [-0.39, 0.29) is 17.4 Å². The first kappa shape index (κ1) is 20.9. The zero-order chi connectivity index (χ0) is 18.1. The quantitative estimate of drug-likeness (QED) is 0.463. The Morgan fingerprint density at radius 3 is 2.17 bits per heavy atom. The topological polar surface area (TPSA) is 96.5 Å². The summed E-state index contributed by atoms with van der Waals surface area (Å²) in [5, 5.41) is 8.35. The van der Waals surface area contributed by atoms with E-state index in [2.05, 4.69) is 20.7 Å². The highest BCUT2D eigenvalue weighted by molar-refractivity contribution is 5.94. The van der Waals surface area contributed by atoms with Crippen molar-refractivity contribution in [2.75, 3.05) is 20.2 Å². The predicted octanol–water partition coefficient (Wildman–Crippen LogP) is 1.35. The van der Waals surface area contributed by atoms with Crippen LogP contribution in [0.3, 0.4) is 0 Å². The average molecular weight is 327 g/mol. The molecule has 0 aliphatic rings. The van der Waals surface area contributed by atoms with Crippen LogP contribution in [0.25, 0.3) is 0 Å². The molecule has 0 aromatic rings. The molecule has 0 unspecified atom stereocenters. The van der Waals surface area contributed by atoms with Crippen molar-refractivity contribution in [1.82, 2.24) is 16.0 Å². The van der Waals surface area contributed by atoms with E-state index >= 15 is 0 Å². The van der Waals surface area contributed by atoms with Gasteiger partial charge >= 0.3 is 12.0 Å². The standard InChI is InChI=1S/C16H29N3O4/c1-7-17-14(22)19-16(4,5)10-15(2,3)11-18-12(20)8-9-13(21)23-6/h8-9H,7,10-11H2,1-6H3,(H,18,20)(H2,17,19,22)/b9-8-. The average Bonchev–Trinajstić information content (AvgIpc) is 2.40. The number of rotatable bonds is 8. The van der Waals surface area contributed by atoms with E-state index in [1.807, 2.05) is 34.6 Å². The maximum atomic E-state index is 11.7. The number of methoxy groups -OCH3 is 1. The van der Waals surface area contributed by atoms with E-state index in [1.54, 1.807) is 0 Å². The zero-order valence-electron chi connectivity index (χ0n) is 14.9. The second-order valence-electron chi connectivity index (χ2n) is 6.78. The van der Waals surface area contributed by atoms with Crippen molar-refractivity contribution in [3.8, 4) is 0 Å². The molecule has 23 heavy (non-hydrogen) atoms. The number of amides is 3. The molecule has 0 saturated carbocycles. The Morgan fingerprint density at radius 2 is 1.65 bits per heavy atom. The molecule has 0 aromatic heterocycles. The van der Waals surface area contributed by atoms with Crippen molar-refractivity contribution in [3.05, 3.63) is 12.2 Å². The lowest BCUT2D eigenvalue weighted by Gasteiger charge is -2.35. The fourth-order valence-electron chi connectivity index (χ4n) is 2.41. The third-order valence-electron chi connectivity index (χ3n) is 3.02. The number of nitrogens with one attached hydrogen (secondary N) is 3. The molecule has 132 valence electrons. The first-order valence-corrected chi connectivity index (χ1v) is 7.61. The fourth-order valence-corrected chi connectivity index (χ4v) is 2.41. The van der Waals surface area contributed by atoms with E-state index in [1.165, 1.54) is 7.11 Å². The molecule has 0 radical (unpaired) electrons. The molecule has 3 amide bonds. The summed E-state index contributed by atoms with van der Waals surface area (Å²) in [7, 11) is 1.25. The molecule has 0 atom stereocenters. The molecule has 0 saturated heterocycles. The smallest absolute Gasteiger partial charge is 0.330 e. The molecule has 0 aromatic carbocycles. The van der Waals surface area contributed by atoms with Crippen LogP contribution in [0.1, 0.15) is 41.0 Å². The van der Waals surface area contributed by atoms with Crippen LogP contribution in [0.4, 0.5) is 4.79 Å². The number of ether oxygens (including phenoxy) is 1. The second kappa shape index (κ2) is 9.17. The van der Waals surface area contributed by atoms with Gasteiger partial charge in [-0.2, -0.15) is 0 Å². The third-order valence-corrected chi connectivity index (χ3v) is 3.02. The van der Waals surface area contributed by atoms with Gasteiger partial charge in [0, 0.05) is 30.8 Å². The zero-order valence-corrected chi connectivity index (χ0v) is 14.9. The molecule has 0 rings (SSSR count). The molecule has 0 aliphatic heterocycles. The first-order chi connectivity index (χ1) is 10.5. The van der Waals surface area contributed by atoms with Crippen molar-refractivity contribution in [2.45, 2.75) is 46.6 Å². The lowest BCUT2D eigenvalue weighted by Crippen LogP contribution is -2.51. The van der Waals surface area contributed by atoms with Crippen LogP contribution in [0.2, 0.25) is 0 Å². The van der Waals surface area contributed by atoms with Gasteiger partial charge in [-0.25, -0.2) is 9.59 Å². The van der Waals surface area contributed by atoms with Crippen LogP contribution >= 0.6 is 0 Å². The number of hydrogen-bond donors (Lipinski definition) is 3. The number of carbonyl (C=O) groups excluding carboxylic acids is 3. The van der Waals surface area contributed by atoms with Crippen LogP contribution in [-0.2, 0) is 14.3 Å². The normalized spacial score (nSPS) is 11.9. The van der Waals surface area contributed by atoms with Crippen molar-refractivity contribution in [1.29, 1.82) is 0 Å². The van der Waals surface area contributed by atoms with Gasteiger partial charge in [0.25, 0.3) is 0 Å². The highest BCUT2D eigenvalue weighted by atomic mass is 16.5. The second-order valence-corrected chi connectivity index (χ2v) is 6.78. The summed E-state index contributed by atoms with van der Waals surface area (Å²) in [6.07, 6.45) is 2.88. The highest BCUT2D eigenvalue weighted by Crippen LogP contribution is 2.27. The molecular weight excluding hydrogens is 298 g/mol. The van der Waals surface area contributed by atoms with Crippen LogP contribution in [0, 0.1) is 5.41 Å². The summed E-state index contributed by atoms with van der Waals surface area (Å²) >= 11 is 0. The Hall–Kier alpha value is -2.05. The summed E-state index contributed by atoms with van der Waals surface area (Å²) in [6, 6.07) is -0.210. The van der Waals surface area contributed by atoms with E-state index < -0.39 is 11.5 Å². The van der Waals surface area contributed by atoms with Crippen molar-refractivity contribution < 1.29 is 19.1 Å². The van der Waals surface area contributed by atoms with Gasteiger partial charge in [0.05, 0.1) is 7.11 Å². The van der Waals surface area contributed by atoms with Gasteiger partial charge in [-0.05, 0) is 32.6 Å². The number of esters is 1. The molecular formula is C16H29N3O4. The molecule has 0 heterocycles. The lowest BCUT2D eigenvalue weighted by atomic mass is 9.80. The van der Waals surface area contributed by atoms with Gasteiger partial charge < -0.3 is 20.7 Å². The van der Waals surface area contributed by atoms with Gasteiger partial charge in [-0.15, -0.1) is 0 Å². The van der Waals surface area contributed by atoms with Gasteiger partial charge in [-0.1, -0.05) is 13.8 Å². The predicted molar refractivity (Wildman–Crippen MR) is 88.9 cm³/mol. The number of hydrogen-bond acceptors (Lipinski definition) is 4. The molecule has 0 fully saturated rings. The molecule has 0 spiro atoms. The van der Waals surface area contributed by atoms with Crippen molar-refractivity contribution >= 4 is 17.9 Å². The van der Waals surface area contributed by atoms with Gasteiger partial charge in [-0.3, -0.25) is 4.79 Å². The minimum Gasteiger partial charge on any atom is -0.466 e. The Bertz CT molecular complexity index is 456. The third kappa shape index (κ3) is 10.3. The van der Waals surface area contributed by atoms with E-state index in [0.717, 1.165) is 12.2 Å². The monoisotopic (exact) mass is 327 g/mol. The Balaban J connectivity index is 4.46. The molecule has 0 bridgehead atoms. The fraction of sp³-hybridized carbons (Fsp3) is 0.688. The number of urea groups is 1. The molecule has 0 aliphatic carbocycles. The largest absolute Gasteiger partial charge is 0.466 e. The first-order valence-electron chi connectivity index (χ1n) is 7.61. The molecule has 7 nitrogen and oxygen atoms in total. The van der Waals surface area contributed by atoms with Crippen LogP contribution in [0.15, 0.2) is 12.2 Å². The van der Waals surface area contributed by atoms with Crippen molar-refractivity contribution in [3.63, 3.8) is 0 Å². The number of carbonyl (C=O) groups is 3. The minimum atomic E-state index is -0.577. The van der Waals surface area contributed by atoms with Crippen molar-refractivity contribution in [2.24, 2.45) is 5.41 Å². The van der Waals surface area contributed by atoms with Gasteiger partial charge in [0.2, 0.25) is 5.91 Å². The minimum absolute atomic E-state index is 0.210. The van der Waals surface area contributed by atoms with E-state index in [0.29, 0.717) is 19.5 Å². The Labute approximate surface area is 138 Å². The summed E-state index contributed by atoms with van der Waals surface area (Å²) in [5.74, 6) is -0.940. The summed E-state index contributed by atoms with van der Waals surface area (Å²) in [6.45, 7) is 10.7. The lowest BCUT2D eigenvalue weighted by molar-refractivity contribution is -0.135. The van der Waals surface area contributed by atoms with Gasteiger partial charge in [0.1, 0.15) is 0 Å². The maximum absolute atomic E-state index is 11.7. The van der Waals surface area contributed by atoms with E-state index in [9.17, 15) is 14.4 Å². The van der Waals surface area contributed by atoms with Gasteiger partial charge in [0.15, 0.2) is 0 Å².